The Kier molecular flexibility index (Phi) is 13.4. The van der Waals surface area contributed by atoms with Crippen molar-refractivity contribution >= 4 is 60.7 Å². The zero-order valence-electron chi connectivity index (χ0n) is 46.8. The summed E-state index contributed by atoms with van der Waals surface area (Å²) < 4.78 is 93.1. The number of alkyl halides is 6. The monoisotopic (exact) mass is 1180 g/mol. The fourth-order valence-corrected chi connectivity index (χ4v) is 11.8. The van der Waals surface area contributed by atoms with Gasteiger partial charge in [0, 0.05) is 38.2 Å². The number of rotatable bonds is 9. The third-order valence-electron chi connectivity index (χ3n) is 16.1. The highest BCUT2D eigenvalue weighted by Gasteiger charge is 2.34. The smallest absolute Gasteiger partial charge is 0.309 e. The standard InChI is InChI=1S/C75H39F6N9/c1-83-56-19-9-16-48(35-56)52-23-29-61-59-27-21-50(46-14-7-11-44(33-46)43-82)37-67(59)89(69(61)39-52)65-31-25-55(75(79,80)81)41-63(65)72-86-71(45-12-5-4-6-13-45)87-73(88-72)64-42-58(85-3)26-32-66(64)90-68-38-51(47-15-8-18-54(34-47)74(76,77)78)22-28-60(68)62-30-24-53(40-70(62)90)49-17-10-20-57(36-49)84-2/h4-42H. The summed E-state index contributed by atoms with van der Waals surface area (Å²) in [6.07, 6.45) is -9.48. The van der Waals surface area contributed by atoms with E-state index in [-0.39, 0.29) is 40.0 Å². The van der Waals surface area contributed by atoms with E-state index in [1.165, 1.54) is 12.1 Å². The van der Waals surface area contributed by atoms with Gasteiger partial charge in [0.2, 0.25) is 0 Å². The molecule has 0 amide bonds. The lowest BCUT2D eigenvalue weighted by atomic mass is 10.0. The minimum absolute atomic E-state index is 0.0310. The van der Waals surface area contributed by atoms with E-state index in [1.807, 2.05) is 88.0 Å². The first kappa shape index (κ1) is 55.4. The van der Waals surface area contributed by atoms with Gasteiger partial charge < -0.3 is 9.13 Å². The van der Waals surface area contributed by atoms with Crippen molar-refractivity contribution in [3.63, 3.8) is 0 Å². The highest BCUT2D eigenvalue weighted by atomic mass is 19.4. The molecule has 11 aromatic carbocycles. The van der Waals surface area contributed by atoms with Gasteiger partial charge in [0.15, 0.2) is 34.5 Å². The Balaban J connectivity index is 1.07. The minimum atomic E-state index is -4.86. The van der Waals surface area contributed by atoms with E-state index in [1.54, 1.807) is 121 Å². The molecule has 0 radical (unpaired) electrons. The third kappa shape index (κ3) is 9.94. The first-order valence-electron chi connectivity index (χ1n) is 28.0. The van der Waals surface area contributed by atoms with Crippen molar-refractivity contribution in [3.8, 4) is 96.1 Å². The number of benzene rings is 11. The Hall–Kier alpha value is -12.4. The topological polar surface area (TPSA) is 85.4 Å². The van der Waals surface area contributed by atoms with Gasteiger partial charge in [-0.2, -0.15) is 31.6 Å². The minimum Gasteiger partial charge on any atom is -0.309 e. The van der Waals surface area contributed by atoms with Crippen molar-refractivity contribution in [2.45, 2.75) is 12.4 Å². The van der Waals surface area contributed by atoms with Gasteiger partial charge >= 0.3 is 12.4 Å². The number of fused-ring (bicyclic) bond motifs is 6. The molecule has 0 fully saturated rings. The van der Waals surface area contributed by atoms with E-state index in [2.05, 4.69) is 20.6 Å². The Morgan fingerprint density at radius 1 is 0.333 bits per heavy atom. The predicted octanol–water partition coefficient (Wildman–Crippen LogP) is 21.3. The molecule has 0 bridgehead atoms. The lowest BCUT2D eigenvalue weighted by Crippen LogP contribution is -2.09. The fourth-order valence-electron chi connectivity index (χ4n) is 11.8. The summed E-state index contributed by atoms with van der Waals surface area (Å²) in [6.45, 7) is 23.9. The average Bonchev–Trinajstić information content (AvgIpc) is 1.62. The van der Waals surface area contributed by atoms with Gasteiger partial charge in [0.05, 0.1) is 75.9 Å². The highest BCUT2D eigenvalue weighted by Crippen LogP contribution is 2.45. The second kappa shape index (κ2) is 21.8. The van der Waals surface area contributed by atoms with Crippen molar-refractivity contribution < 1.29 is 26.3 Å². The fraction of sp³-hybridized carbons (Fsp3) is 0.0267. The summed E-state index contributed by atoms with van der Waals surface area (Å²) in [4.78, 5) is 26.5. The van der Waals surface area contributed by atoms with E-state index < -0.39 is 23.5 Å². The molecule has 0 aliphatic carbocycles. The summed E-state index contributed by atoms with van der Waals surface area (Å²) in [7, 11) is 0. The average molecular weight is 1180 g/mol. The SMILES string of the molecule is [C-]#[N+]c1cccc(-c2ccc3c4ccc(-c5cccc(C(F)(F)F)c5)cc4n(-c4ccc([N+]#[C-])cc4-c4nc(-c5ccccc5)nc(-c5cc(C(F)(F)F)ccc5-n5c6cc(-c7cccc(C#N)c7)ccc6c6ccc(-c7cccc([N+]#[C-])c7)cc65)n4)c3c2)c1. The number of nitriles is 1. The second-order valence-electron chi connectivity index (χ2n) is 21.4. The van der Waals surface area contributed by atoms with E-state index in [0.717, 1.165) is 73.8 Å². The Bertz CT molecular complexity index is 5360. The van der Waals surface area contributed by atoms with Crippen molar-refractivity contribution in [1.29, 1.82) is 5.26 Å². The van der Waals surface area contributed by atoms with Crippen LogP contribution in [0.5, 0.6) is 0 Å². The summed E-state index contributed by atoms with van der Waals surface area (Å²) >= 11 is 0. The Morgan fingerprint density at radius 3 is 1.18 bits per heavy atom. The summed E-state index contributed by atoms with van der Waals surface area (Å²) in [5.41, 5.74) is 8.46. The van der Waals surface area contributed by atoms with Crippen LogP contribution in [0, 0.1) is 31.0 Å². The molecule has 15 heteroatoms. The molecule has 90 heavy (non-hydrogen) atoms. The molecule has 0 saturated carbocycles. The molecule has 0 aliphatic heterocycles. The predicted molar refractivity (Wildman–Crippen MR) is 340 cm³/mol. The van der Waals surface area contributed by atoms with Crippen LogP contribution in [0.4, 0.5) is 43.4 Å². The van der Waals surface area contributed by atoms with Crippen molar-refractivity contribution in [2.24, 2.45) is 0 Å². The molecular weight excluding hydrogens is 1140 g/mol. The quantitative estimate of drug-likeness (QED) is 0.106. The molecule has 0 unspecified atom stereocenters. The maximum Gasteiger partial charge on any atom is 0.416 e. The van der Waals surface area contributed by atoms with Crippen LogP contribution in [0.3, 0.4) is 0 Å². The molecule has 14 aromatic rings. The number of halogens is 6. The molecular formula is C75H39F6N9. The normalized spacial score (nSPS) is 11.6. The van der Waals surface area contributed by atoms with Crippen LogP contribution in [0.15, 0.2) is 237 Å². The van der Waals surface area contributed by atoms with Gasteiger partial charge in [-0.15, -0.1) is 0 Å². The van der Waals surface area contributed by atoms with Crippen LogP contribution in [0.1, 0.15) is 16.7 Å². The molecule has 0 aliphatic rings. The highest BCUT2D eigenvalue weighted by molar-refractivity contribution is 6.13. The molecule has 3 heterocycles. The maximum absolute atomic E-state index is 15.5. The molecule has 3 aromatic heterocycles. The van der Waals surface area contributed by atoms with Gasteiger partial charge in [-0.25, -0.2) is 29.5 Å². The number of nitrogens with zero attached hydrogens (tertiary/aromatic N) is 9. The number of hydrogen-bond acceptors (Lipinski definition) is 4. The number of hydrogen-bond donors (Lipinski definition) is 0. The summed E-state index contributed by atoms with van der Waals surface area (Å²) in [6, 6.07) is 68.7. The molecule has 0 N–H and O–H groups in total. The van der Waals surface area contributed by atoms with E-state index in [9.17, 15) is 18.4 Å². The zero-order valence-corrected chi connectivity index (χ0v) is 46.8. The summed E-state index contributed by atoms with van der Waals surface area (Å²) in [5.74, 6) is -0.113. The second-order valence-corrected chi connectivity index (χ2v) is 21.4. The van der Waals surface area contributed by atoms with E-state index >= 15 is 13.2 Å². The molecule has 14 rings (SSSR count). The van der Waals surface area contributed by atoms with Crippen molar-refractivity contribution in [2.75, 3.05) is 0 Å². The van der Waals surface area contributed by atoms with Crippen LogP contribution < -0.4 is 0 Å². The van der Waals surface area contributed by atoms with E-state index in [4.69, 9.17) is 34.7 Å². The molecule has 426 valence electrons. The molecule has 0 atom stereocenters. The lowest BCUT2D eigenvalue weighted by Gasteiger charge is -2.18. The molecule has 0 saturated heterocycles. The van der Waals surface area contributed by atoms with Crippen LogP contribution in [-0.2, 0) is 12.4 Å². The van der Waals surface area contributed by atoms with Gasteiger partial charge in [0.25, 0.3) is 0 Å². The van der Waals surface area contributed by atoms with Gasteiger partial charge in [-0.1, -0.05) is 146 Å². The van der Waals surface area contributed by atoms with E-state index in [0.29, 0.717) is 66.8 Å². The Labute approximate surface area is 510 Å². The van der Waals surface area contributed by atoms with Crippen LogP contribution >= 0.6 is 0 Å². The Morgan fingerprint density at radius 2 is 0.711 bits per heavy atom. The molecule has 9 nitrogen and oxygen atoms in total. The van der Waals surface area contributed by atoms with Crippen molar-refractivity contribution in [3.05, 3.63) is 288 Å². The largest absolute Gasteiger partial charge is 0.416 e. The molecule has 0 spiro atoms. The zero-order chi connectivity index (χ0) is 62.0. The van der Waals surface area contributed by atoms with Crippen LogP contribution in [0.2, 0.25) is 0 Å². The first-order valence-corrected chi connectivity index (χ1v) is 28.0. The third-order valence-corrected chi connectivity index (χ3v) is 16.1. The van der Waals surface area contributed by atoms with Gasteiger partial charge in [-0.05, 0) is 136 Å². The summed E-state index contributed by atoms with van der Waals surface area (Å²) in [5, 5.41) is 12.9. The maximum atomic E-state index is 15.5. The van der Waals surface area contributed by atoms with Gasteiger partial charge in [-0.3, -0.25) is 0 Å². The first-order chi connectivity index (χ1) is 43.6. The van der Waals surface area contributed by atoms with Crippen LogP contribution in [-0.4, -0.2) is 24.1 Å². The lowest BCUT2D eigenvalue weighted by molar-refractivity contribution is -0.138. The van der Waals surface area contributed by atoms with Gasteiger partial charge in [0.1, 0.15) is 0 Å². The van der Waals surface area contributed by atoms with Crippen LogP contribution in [0.25, 0.3) is 148 Å². The van der Waals surface area contributed by atoms with Crippen molar-refractivity contribution in [1.82, 2.24) is 24.1 Å². The number of aromatic nitrogens is 5.